The molecule has 1 aromatic rings. The summed E-state index contributed by atoms with van der Waals surface area (Å²) in [6.45, 7) is 2.10. The van der Waals surface area contributed by atoms with Gasteiger partial charge in [-0.25, -0.2) is 0 Å². The fourth-order valence-corrected chi connectivity index (χ4v) is 1.44. The van der Waals surface area contributed by atoms with Crippen LogP contribution in [0.3, 0.4) is 0 Å². The minimum absolute atomic E-state index is 0. The molecule has 0 saturated heterocycles. The summed E-state index contributed by atoms with van der Waals surface area (Å²) in [6, 6.07) is 10.1. The Hall–Kier alpha value is -1.59. The summed E-state index contributed by atoms with van der Waals surface area (Å²) >= 11 is 0. The molecule has 1 aromatic carbocycles. The molecule has 1 amide bonds. The first-order chi connectivity index (χ1) is 8.22. The Balaban J connectivity index is 0.00000289. The highest BCUT2D eigenvalue weighted by atomic mass is 35.5. The quantitative estimate of drug-likeness (QED) is 0.463. The van der Waals surface area contributed by atoms with Gasteiger partial charge < -0.3 is 15.4 Å². The van der Waals surface area contributed by atoms with Crippen LogP contribution in [0.2, 0.25) is 0 Å². The van der Waals surface area contributed by atoms with Gasteiger partial charge in [-0.2, -0.15) is 0 Å². The lowest BCUT2D eigenvalue weighted by Crippen LogP contribution is -2.33. The Morgan fingerprint density at radius 1 is 1.44 bits per heavy atom. The summed E-state index contributed by atoms with van der Waals surface area (Å²) < 4.78 is 0. The molecule has 0 aliphatic carbocycles. The van der Waals surface area contributed by atoms with E-state index >= 15 is 0 Å². The van der Waals surface area contributed by atoms with E-state index in [0.29, 0.717) is 6.54 Å². The Morgan fingerprint density at radius 3 is 2.72 bits per heavy atom. The van der Waals surface area contributed by atoms with Crippen molar-refractivity contribution in [2.75, 3.05) is 20.1 Å². The maximum absolute atomic E-state index is 10.9. The third kappa shape index (κ3) is 6.88. The first kappa shape index (κ1) is 16.4. The van der Waals surface area contributed by atoms with Crippen LogP contribution in [0.1, 0.15) is 5.56 Å². The maximum Gasteiger partial charge on any atom is 0.265 e. The van der Waals surface area contributed by atoms with Crippen molar-refractivity contribution >= 4 is 24.5 Å². The Labute approximate surface area is 113 Å². The van der Waals surface area contributed by atoms with Crippen molar-refractivity contribution in [1.29, 1.82) is 0 Å². The van der Waals surface area contributed by atoms with Gasteiger partial charge in [-0.3, -0.25) is 4.79 Å². The predicted molar refractivity (Wildman–Crippen MR) is 73.3 cm³/mol. The Kier molecular flexibility index (Phi) is 8.61. The first-order valence-electron chi connectivity index (χ1n) is 5.40. The van der Waals surface area contributed by atoms with Crippen molar-refractivity contribution in [3.8, 4) is 0 Å². The van der Waals surface area contributed by atoms with E-state index in [4.69, 9.17) is 5.21 Å². The smallest absolute Gasteiger partial charge is 0.265 e. The van der Waals surface area contributed by atoms with Gasteiger partial charge >= 0.3 is 0 Å². The summed E-state index contributed by atoms with van der Waals surface area (Å²) in [5.41, 5.74) is 1.23. The van der Waals surface area contributed by atoms with Crippen LogP contribution in [0.25, 0.3) is 0 Å². The van der Waals surface area contributed by atoms with Gasteiger partial charge in [-0.05, 0) is 12.6 Å². The van der Waals surface area contributed by atoms with Gasteiger partial charge in [0.1, 0.15) is 6.21 Å². The lowest BCUT2D eigenvalue weighted by molar-refractivity contribution is -0.114. The number of hydrogen-bond donors (Lipinski definition) is 2. The number of oxime groups is 1. The molecule has 0 fully saturated rings. The van der Waals surface area contributed by atoms with Crippen molar-refractivity contribution < 1.29 is 10.0 Å². The second-order valence-corrected chi connectivity index (χ2v) is 3.76. The zero-order chi connectivity index (χ0) is 12.5. The van der Waals surface area contributed by atoms with E-state index in [1.807, 2.05) is 25.2 Å². The van der Waals surface area contributed by atoms with Crippen LogP contribution in [0.4, 0.5) is 0 Å². The molecule has 0 spiro atoms. The van der Waals surface area contributed by atoms with Crippen molar-refractivity contribution in [2.45, 2.75) is 6.54 Å². The lowest BCUT2D eigenvalue weighted by atomic mass is 10.2. The van der Waals surface area contributed by atoms with Gasteiger partial charge in [0, 0.05) is 19.6 Å². The molecule has 0 saturated carbocycles. The number of halogens is 1. The lowest BCUT2D eigenvalue weighted by Gasteiger charge is -2.16. The largest absolute Gasteiger partial charge is 0.411 e. The molecule has 100 valence electrons. The van der Waals surface area contributed by atoms with Crippen molar-refractivity contribution in [3.05, 3.63) is 35.9 Å². The van der Waals surface area contributed by atoms with Crippen LogP contribution in [0.15, 0.2) is 35.5 Å². The number of benzene rings is 1. The van der Waals surface area contributed by atoms with Crippen LogP contribution < -0.4 is 5.32 Å². The topological polar surface area (TPSA) is 64.9 Å². The Morgan fingerprint density at radius 2 is 2.11 bits per heavy atom. The second-order valence-electron chi connectivity index (χ2n) is 3.76. The van der Waals surface area contributed by atoms with Gasteiger partial charge in [0.25, 0.3) is 5.91 Å². The van der Waals surface area contributed by atoms with Crippen LogP contribution in [0, 0.1) is 0 Å². The number of carbonyl (C=O) groups excluding carboxylic acids is 1. The number of amides is 1. The normalized spacial score (nSPS) is 10.3. The molecule has 0 aliphatic heterocycles. The van der Waals surface area contributed by atoms with Gasteiger partial charge in [0.15, 0.2) is 0 Å². The number of rotatable bonds is 6. The van der Waals surface area contributed by atoms with Crippen LogP contribution in [0.5, 0.6) is 0 Å². The average Bonchev–Trinajstić information content (AvgIpc) is 2.30. The molecule has 0 aliphatic rings. The van der Waals surface area contributed by atoms with Gasteiger partial charge in [-0.15, -0.1) is 12.4 Å². The first-order valence-corrected chi connectivity index (χ1v) is 5.40. The van der Waals surface area contributed by atoms with Crippen molar-refractivity contribution in [1.82, 2.24) is 10.2 Å². The molecule has 5 nitrogen and oxygen atoms in total. The maximum atomic E-state index is 10.9. The highest BCUT2D eigenvalue weighted by Gasteiger charge is 2.01. The summed E-state index contributed by atoms with van der Waals surface area (Å²) in [5.74, 6) is -0.388. The molecule has 0 heterocycles. The third-order valence-electron chi connectivity index (χ3n) is 2.26. The summed E-state index contributed by atoms with van der Waals surface area (Å²) in [7, 11) is 1.99. The SMILES string of the molecule is CN(CCNC(=O)C=NO)Cc1ccccc1.Cl. The molecule has 0 radical (unpaired) electrons. The van der Waals surface area contributed by atoms with E-state index in [1.54, 1.807) is 0 Å². The molecule has 6 heteroatoms. The number of hydrogen-bond acceptors (Lipinski definition) is 4. The molecule has 0 atom stereocenters. The third-order valence-corrected chi connectivity index (χ3v) is 2.26. The van der Waals surface area contributed by atoms with Gasteiger partial charge in [-0.1, -0.05) is 35.5 Å². The molecular formula is C12H18ClN3O2. The predicted octanol–water partition coefficient (Wildman–Crippen LogP) is 1.12. The highest BCUT2D eigenvalue weighted by Crippen LogP contribution is 2.01. The zero-order valence-corrected chi connectivity index (χ0v) is 11.1. The van der Waals surface area contributed by atoms with Crippen LogP contribution in [-0.4, -0.2) is 42.4 Å². The number of carbonyl (C=O) groups is 1. The van der Waals surface area contributed by atoms with E-state index in [2.05, 4.69) is 27.5 Å². The fourth-order valence-electron chi connectivity index (χ4n) is 1.44. The average molecular weight is 272 g/mol. The molecule has 0 aromatic heterocycles. The number of nitrogens with zero attached hydrogens (tertiary/aromatic N) is 2. The minimum Gasteiger partial charge on any atom is -0.411 e. The number of nitrogens with one attached hydrogen (secondary N) is 1. The Bertz CT molecular complexity index is 371. The van der Waals surface area contributed by atoms with E-state index in [-0.39, 0.29) is 18.3 Å². The van der Waals surface area contributed by atoms with E-state index in [9.17, 15) is 4.79 Å². The summed E-state index contributed by atoms with van der Waals surface area (Å²) in [4.78, 5) is 13.0. The molecular weight excluding hydrogens is 254 g/mol. The van der Waals surface area contributed by atoms with Crippen LogP contribution >= 0.6 is 12.4 Å². The second kappa shape index (κ2) is 9.44. The molecule has 0 bridgehead atoms. The van der Waals surface area contributed by atoms with E-state index in [0.717, 1.165) is 19.3 Å². The van der Waals surface area contributed by atoms with Gasteiger partial charge in [0.2, 0.25) is 0 Å². The monoisotopic (exact) mass is 271 g/mol. The van der Waals surface area contributed by atoms with Crippen molar-refractivity contribution in [2.24, 2.45) is 5.16 Å². The zero-order valence-electron chi connectivity index (χ0n) is 10.2. The molecule has 1 rings (SSSR count). The molecule has 2 N–H and O–H groups in total. The standard InChI is InChI=1S/C12H17N3O2.ClH/c1-15(8-7-13-12(16)9-14-17)10-11-5-3-2-4-6-11;/h2-6,9,17H,7-8,10H2,1H3,(H,13,16);1H. The van der Waals surface area contributed by atoms with E-state index in [1.165, 1.54) is 5.56 Å². The fraction of sp³-hybridized carbons (Fsp3) is 0.333. The highest BCUT2D eigenvalue weighted by molar-refractivity contribution is 6.25. The number of likely N-dealkylation sites (N-methyl/N-ethyl adjacent to an activating group) is 1. The van der Waals surface area contributed by atoms with Crippen molar-refractivity contribution in [3.63, 3.8) is 0 Å². The molecule has 18 heavy (non-hydrogen) atoms. The summed E-state index contributed by atoms with van der Waals surface area (Å²) in [6.07, 6.45) is 0.844. The van der Waals surface area contributed by atoms with E-state index < -0.39 is 0 Å². The minimum atomic E-state index is -0.388. The van der Waals surface area contributed by atoms with Crippen LogP contribution in [-0.2, 0) is 11.3 Å². The van der Waals surface area contributed by atoms with Gasteiger partial charge in [0.05, 0.1) is 0 Å². The molecule has 0 unspecified atom stereocenters. The summed E-state index contributed by atoms with van der Waals surface area (Å²) in [5, 5.41) is 13.4.